The Hall–Kier alpha value is -5.72. The summed E-state index contributed by atoms with van der Waals surface area (Å²) in [6.45, 7) is 0. The molecule has 44 heavy (non-hydrogen) atoms. The molecule has 0 radical (unpaired) electrons. The van der Waals surface area contributed by atoms with Crippen LogP contribution in [0.1, 0.15) is 75.0 Å². The first-order valence-corrected chi connectivity index (χ1v) is 13.9. The number of carbonyl (C=O) groups excluding carboxylic acids is 3. The van der Waals surface area contributed by atoms with Crippen molar-refractivity contribution in [3.63, 3.8) is 0 Å². The highest BCUT2D eigenvalue weighted by Gasteiger charge is 2.24. The summed E-state index contributed by atoms with van der Waals surface area (Å²) in [5.74, 6) is -1.85. The number of nitrogens with zero attached hydrogens (tertiary/aromatic N) is 2. The number of nitrogens with one attached hydrogen (secondary N) is 2. The summed E-state index contributed by atoms with van der Waals surface area (Å²) >= 11 is 0. The van der Waals surface area contributed by atoms with Crippen molar-refractivity contribution in [1.29, 1.82) is 0 Å². The summed E-state index contributed by atoms with van der Waals surface area (Å²) in [6.07, 6.45) is 3.99. The Morgan fingerprint density at radius 2 is 1.45 bits per heavy atom. The van der Waals surface area contributed by atoms with Crippen LogP contribution < -0.4 is 27.8 Å². The molecule has 1 aliphatic carbocycles. The van der Waals surface area contributed by atoms with Crippen molar-refractivity contribution in [2.45, 2.75) is 38.0 Å². The summed E-state index contributed by atoms with van der Waals surface area (Å²) in [4.78, 5) is 45.2. The standard InChI is InChI=1S/C24H25N5O5.C7H8N2O/c25-21(32)17-2-1-3-19(13-17)27-24-29-28-23(34-24)22(33)26-18-10-8-16(9-11-18)15-6-4-14(5-7-15)12-20(30)31;8-6-3-1-2-5(4-6)7(9)10/h1-3,8-11,13-15H,4-7,12H2,(H2,25,32)(H,26,33)(H,27,29)(H,30,31);1-4H,8H2,(H2,9,10)/t14-,15-;. The Labute approximate surface area is 252 Å². The zero-order valence-corrected chi connectivity index (χ0v) is 23.7. The second-order valence-corrected chi connectivity index (χ2v) is 10.4. The van der Waals surface area contributed by atoms with Crippen LogP contribution in [0.2, 0.25) is 0 Å². The number of anilines is 4. The lowest BCUT2D eigenvalue weighted by Crippen LogP contribution is -2.16. The molecule has 3 amide bonds. The molecule has 228 valence electrons. The van der Waals surface area contributed by atoms with Crippen molar-refractivity contribution in [2.24, 2.45) is 17.4 Å². The van der Waals surface area contributed by atoms with Crippen LogP contribution in [0.15, 0.2) is 77.2 Å². The monoisotopic (exact) mass is 599 g/mol. The number of primary amides is 2. The molecule has 0 bridgehead atoms. The fourth-order valence-electron chi connectivity index (χ4n) is 4.90. The molecule has 9 N–H and O–H groups in total. The summed E-state index contributed by atoms with van der Waals surface area (Å²) in [6, 6.07) is 20.6. The van der Waals surface area contributed by atoms with E-state index in [4.69, 9.17) is 26.7 Å². The second-order valence-electron chi connectivity index (χ2n) is 10.4. The van der Waals surface area contributed by atoms with E-state index in [1.165, 1.54) is 11.6 Å². The van der Waals surface area contributed by atoms with E-state index < -0.39 is 23.7 Å². The number of carboxylic acid groups (broad SMARTS) is 1. The number of aromatic nitrogens is 2. The van der Waals surface area contributed by atoms with Gasteiger partial charge in [-0.2, -0.15) is 0 Å². The van der Waals surface area contributed by atoms with Gasteiger partial charge in [0.2, 0.25) is 11.8 Å². The van der Waals surface area contributed by atoms with Crippen LogP contribution in [0.25, 0.3) is 0 Å². The van der Waals surface area contributed by atoms with Gasteiger partial charge in [-0.15, -0.1) is 5.10 Å². The van der Waals surface area contributed by atoms with Gasteiger partial charge in [-0.05, 0) is 91.6 Å². The van der Waals surface area contributed by atoms with Crippen molar-refractivity contribution in [3.8, 4) is 0 Å². The number of nitrogen functional groups attached to an aromatic ring is 1. The first-order chi connectivity index (χ1) is 21.1. The highest BCUT2D eigenvalue weighted by atomic mass is 16.4. The number of carbonyl (C=O) groups is 4. The predicted octanol–water partition coefficient (Wildman–Crippen LogP) is 4.28. The van der Waals surface area contributed by atoms with E-state index in [0.29, 0.717) is 34.1 Å². The Bertz CT molecular complexity index is 1630. The molecule has 0 aliphatic heterocycles. The lowest BCUT2D eigenvalue weighted by Gasteiger charge is -2.28. The third-order valence-corrected chi connectivity index (χ3v) is 7.14. The minimum absolute atomic E-state index is 0.000573. The number of amides is 3. The van der Waals surface area contributed by atoms with Crippen molar-refractivity contribution in [1.82, 2.24) is 10.2 Å². The van der Waals surface area contributed by atoms with E-state index in [9.17, 15) is 19.2 Å². The number of aliphatic carboxylic acids is 1. The molecule has 1 fully saturated rings. The van der Waals surface area contributed by atoms with Gasteiger partial charge in [-0.25, -0.2) is 0 Å². The second kappa shape index (κ2) is 14.4. The summed E-state index contributed by atoms with van der Waals surface area (Å²) < 4.78 is 5.37. The molecule has 5 rings (SSSR count). The fourth-order valence-corrected chi connectivity index (χ4v) is 4.90. The number of benzene rings is 3. The largest absolute Gasteiger partial charge is 0.481 e. The maximum Gasteiger partial charge on any atom is 0.320 e. The molecular formula is C31H33N7O6. The van der Waals surface area contributed by atoms with E-state index in [1.54, 1.807) is 42.5 Å². The highest BCUT2D eigenvalue weighted by Crippen LogP contribution is 2.37. The molecule has 0 spiro atoms. The molecule has 0 unspecified atom stereocenters. The van der Waals surface area contributed by atoms with E-state index in [-0.39, 0.29) is 24.2 Å². The molecule has 13 heteroatoms. The third-order valence-electron chi connectivity index (χ3n) is 7.14. The van der Waals surface area contributed by atoms with Crippen LogP contribution in [0.4, 0.5) is 23.1 Å². The average Bonchev–Trinajstić information content (AvgIpc) is 3.47. The zero-order valence-electron chi connectivity index (χ0n) is 23.7. The summed E-state index contributed by atoms with van der Waals surface area (Å²) in [7, 11) is 0. The topological polar surface area (TPSA) is 230 Å². The van der Waals surface area contributed by atoms with E-state index in [2.05, 4.69) is 20.8 Å². The van der Waals surface area contributed by atoms with Gasteiger partial charge in [0.1, 0.15) is 0 Å². The van der Waals surface area contributed by atoms with Gasteiger partial charge in [-0.3, -0.25) is 19.2 Å². The maximum atomic E-state index is 12.5. The Morgan fingerprint density at radius 1 is 0.818 bits per heavy atom. The van der Waals surface area contributed by atoms with Gasteiger partial charge in [0.25, 0.3) is 0 Å². The molecule has 13 nitrogen and oxygen atoms in total. The SMILES string of the molecule is NC(=O)c1cccc(N)c1.NC(=O)c1cccc(Nc2nnc(C(=O)Nc3ccc([C@H]4CC[C@H](CC(=O)O)CC4)cc3)o2)c1. The minimum Gasteiger partial charge on any atom is -0.481 e. The first-order valence-electron chi connectivity index (χ1n) is 13.9. The van der Waals surface area contributed by atoms with Gasteiger partial charge in [-0.1, -0.05) is 29.4 Å². The van der Waals surface area contributed by atoms with Crippen molar-refractivity contribution >= 4 is 46.8 Å². The third kappa shape index (κ3) is 8.89. The number of carboxylic acids is 1. The molecule has 4 aromatic rings. The van der Waals surface area contributed by atoms with Crippen molar-refractivity contribution in [2.75, 3.05) is 16.4 Å². The number of nitrogens with two attached hydrogens (primary N) is 3. The Kier molecular flexibility index (Phi) is 10.3. The van der Waals surface area contributed by atoms with Crippen molar-refractivity contribution in [3.05, 3.63) is 95.4 Å². The normalized spacial score (nSPS) is 15.7. The average molecular weight is 600 g/mol. The molecule has 0 saturated heterocycles. The fraction of sp³-hybridized carbons (Fsp3) is 0.226. The predicted molar refractivity (Wildman–Crippen MR) is 163 cm³/mol. The molecule has 3 aromatic carbocycles. The van der Waals surface area contributed by atoms with Gasteiger partial charge in [0.05, 0.1) is 0 Å². The van der Waals surface area contributed by atoms with E-state index in [0.717, 1.165) is 25.7 Å². The minimum atomic E-state index is -0.731. The quantitative estimate of drug-likeness (QED) is 0.149. The van der Waals surface area contributed by atoms with Crippen LogP contribution >= 0.6 is 0 Å². The zero-order chi connectivity index (χ0) is 31.6. The number of hydrogen-bond acceptors (Lipinski definition) is 9. The van der Waals surface area contributed by atoms with E-state index in [1.807, 2.05) is 24.3 Å². The molecule has 1 aromatic heterocycles. The molecule has 1 aliphatic rings. The van der Waals surface area contributed by atoms with Crippen LogP contribution in [0, 0.1) is 5.92 Å². The Morgan fingerprint density at radius 3 is 2.05 bits per heavy atom. The maximum absolute atomic E-state index is 12.5. The molecular weight excluding hydrogens is 566 g/mol. The molecule has 1 heterocycles. The van der Waals surface area contributed by atoms with E-state index >= 15 is 0 Å². The first kappa shape index (κ1) is 31.2. The number of hydrogen-bond donors (Lipinski definition) is 6. The highest BCUT2D eigenvalue weighted by molar-refractivity contribution is 6.01. The lowest BCUT2D eigenvalue weighted by molar-refractivity contribution is -0.138. The van der Waals surface area contributed by atoms with Gasteiger partial charge >= 0.3 is 23.8 Å². The van der Waals surface area contributed by atoms with Crippen LogP contribution in [-0.4, -0.2) is 39.0 Å². The number of rotatable bonds is 9. The van der Waals surface area contributed by atoms with Crippen LogP contribution in [0.5, 0.6) is 0 Å². The molecule has 0 atom stereocenters. The summed E-state index contributed by atoms with van der Waals surface area (Å²) in [5.41, 5.74) is 19.2. The van der Waals surface area contributed by atoms with Gasteiger partial charge in [0.15, 0.2) is 0 Å². The lowest BCUT2D eigenvalue weighted by atomic mass is 9.77. The van der Waals surface area contributed by atoms with Crippen LogP contribution in [0.3, 0.4) is 0 Å². The van der Waals surface area contributed by atoms with Gasteiger partial charge in [0, 0.05) is 34.6 Å². The van der Waals surface area contributed by atoms with Gasteiger partial charge < -0.3 is 37.4 Å². The summed E-state index contributed by atoms with van der Waals surface area (Å²) in [5, 5.41) is 22.1. The smallest absolute Gasteiger partial charge is 0.320 e. The molecule has 1 saturated carbocycles. The Balaban J connectivity index is 0.000000375. The van der Waals surface area contributed by atoms with Crippen LogP contribution in [-0.2, 0) is 4.79 Å². The van der Waals surface area contributed by atoms with Crippen molar-refractivity contribution < 1.29 is 28.7 Å².